The van der Waals surface area contributed by atoms with E-state index >= 15 is 0 Å². The van der Waals surface area contributed by atoms with Crippen LogP contribution < -0.4 is 5.32 Å². The zero-order chi connectivity index (χ0) is 13.5. The van der Waals surface area contributed by atoms with Crippen molar-refractivity contribution in [3.63, 3.8) is 0 Å². The summed E-state index contributed by atoms with van der Waals surface area (Å²) in [6.07, 6.45) is 10.5. The fourth-order valence-electron chi connectivity index (χ4n) is 5.55. The molecule has 2 heteroatoms. The summed E-state index contributed by atoms with van der Waals surface area (Å²) in [5.41, 5.74) is 0.566. The van der Waals surface area contributed by atoms with Gasteiger partial charge >= 0.3 is 0 Å². The van der Waals surface area contributed by atoms with E-state index < -0.39 is 0 Å². The second-order valence-corrected chi connectivity index (χ2v) is 7.67. The average Bonchev–Trinajstić information content (AvgIpc) is 2.37. The number of nitrogens with one attached hydrogen (secondary N) is 1. The van der Waals surface area contributed by atoms with E-state index in [2.05, 4.69) is 26.2 Å². The molecule has 0 aliphatic heterocycles. The molecule has 4 bridgehead atoms. The molecule has 4 saturated carbocycles. The molecule has 110 valence electrons. The van der Waals surface area contributed by atoms with Crippen molar-refractivity contribution < 1.29 is 4.74 Å². The van der Waals surface area contributed by atoms with E-state index in [0.717, 1.165) is 30.8 Å². The lowest BCUT2D eigenvalue weighted by Crippen LogP contribution is -2.57. The van der Waals surface area contributed by atoms with Gasteiger partial charge in [-0.2, -0.15) is 0 Å². The molecule has 4 rings (SSSR count). The van der Waals surface area contributed by atoms with Crippen LogP contribution in [0.5, 0.6) is 0 Å². The zero-order valence-electron chi connectivity index (χ0n) is 13.0. The van der Waals surface area contributed by atoms with Crippen molar-refractivity contribution in [2.24, 2.45) is 23.2 Å². The fourth-order valence-corrected chi connectivity index (χ4v) is 5.55. The van der Waals surface area contributed by atoms with Crippen LogP contribution >= 0.6 is 0 Å². The molecule has 0 amide bonds. The SMILES string of the molecule is CCC(C)OCC(NC)C12CC3CC(CC(C3)C1)C2. The van der Waals surface area contributed by atoms with Crippen LogP contribution in [0.4, 0.5) is 0 Å². The Hall–Kier alpha value is -0.0800. The Labute approximate surface area is 118 Å². The Morgan fingerprint density at radius 1 is 1.11 bits per heavy atom. The highest BCUT2D eigenvalue weighted by molar-refractivity contribution is 5.06. The van der Waals surface area contributed by atoms with Gasteiger partial charge in [0.2, 0.25) is 0 Å². The van der Waals surface area contributed by atoms with Crippen LogP contribution in [-0.2, 0) is 4.74 Å². The smallest absolute Gasteiger partial charge is 0.0628 e. The van der Waals surface area contributed by atoms with Crippen LogP contribution in [0, 0.1) is 23.2 Å². The summed E-state index contributed by atoms with van der Waals surface area (Å²) in [5, 5.41) is 3.61. The van der Waals surface area contributed by atoms with Crippen LogP contribution in [-0.4, -0.2) is 25.8 Å². The van der Waals surface area contributed by atoms with Crippen molar-refractivity contribution in [3.05, 3.63) is 0 Å². The van der Waals surface area contributed by atoms with Crippen molar-refractivity contribution in [2.45, 2.75) is 70.9 Å². The Kier molecular flexibility index (Phi) is 3.92. The van der Waals surface area contributed by atoms with E-state index in [1.54, 1.807) is 0 Å². The van der Waals surface area contributed by atoms with Gasteiger partial charge in [0, 0.05) is 6.04 Å². The summed E-state index contributed by atoms with van der Waals surface area (Å²) in [6, 6.07) is 0.579. The van der Waals surface area contributed by atoms with Gasteiger partial charge in [-0.05, 0) is 82.1 Å². The Bertz CT molecular complexity index is 279. The molecule has 0 radical (unpaired) electrons. The van der Waals surface area contributed by atoms with Gasteiger partial charge in [0.25, 0.3) is 0 Å². The first kappa shape index (κ1) is 13.9. The predicted molar refractivity (Wildman–Crippen MR) is 79.2 cm³/mol. The Morgan fingerprint density at radius 3 is 2.05 bits per heavy atom. The van der Waals surface area contributed by atoms with Gasteiger partial charge in [0.15, 0.2) is 0 Å². The molecule has 0 aromatic heterocycles. The highest BCUT2D eigenvalue weighted by atomic mass is 16.5. The van der Waals surface area contributed by atoms with E-state index in [-0.39, 0.29) is 0 Å². The fraction of sp³-hybridized carbons (Fsp3) is 1.00. The number of hydrogen-bond donors (Lipinski definition) is 1. The van der Waals surface area contributed by atoms with E-state index in [9.17, 15) is 0 Å². The van der Waals surface area contributed by atoms with Crippen molar-refractivity contribution in [1.29, 1.82) is 0 Å². The highest BCUT2D eigenvalue weighted by Crippen LogP contribution is 2.61. The summed E-state index contributed by atoms with van der Waals surface area (Å²) in [4.78, 5) is 0. The lowest BCUT2D eigenvalue weighted by atomic mass is 9.48. The molecule has 2 atom stereocenters. The minimum Gasteiger partial charge on any atom is -0.377 e. The van der Waals surface area contributed by atoms with Crippen LogP contribution in [0.2, 0.25) is 0 Å². The van der Waals surface area contributed by atoms with Gasteiger partial charge in [-0.1, -0.05) is 6.92 Å². The quantitative estimate of drug-likeness (QED) is 0.792. The van der Waals surface area contributed by atoms with Crippen molar-refractivity contribution >= 4 is 0 Å². The second-order valence-electron chi connectivity index (χ2n) is 7.67. The molecule has 2 unspecified atom stereocenters. The molecule has 4 aliphatic carbocycles. The van der Waals surface area contributed by atoms with E-state index in [4.69, 9.17) is 4.74 Å². The maximum atomic E-state index is 6.07. The van der Waals surface area contributed by atoms with Gasteiger partial charge in [0.1, 0.15) is 0 Å². The van der Waals surface area contributed by atoms with Crippen LogP contribution in [0.15, 0.2) is 0 Å². The molecule has 0 aromatic carbocycles. The molecule has 0 spiro atoms. The molecule has 1 N–H and O–H groups in total. The van der Waals surface area contributed by atoms with E-state index in [1.807, 2.05) is 0 Å². The number of rotatable bonds is 6. The third-order valence-corrected chi connectivity index (χ3v) is 6.30. The maximum Gasteiger partial charge on any atom is 0.0628 e. The van der Waals surface area contributed by atoms with Gasteiger partial charge < -0.3 is 10.1 Å². The van der Waals surface area contributed by atoms with Crippen LogP contribution in [0.3, 0.4) is 0 Å². The number of likely N-dealkylation sites (N-methyl/N-ethyl adjacent to an activating group) is 1. The third-order valence-electron chi connectivity index (χ3n) is 6.30. The molecule has 0 heterocycles. The Morgan fingerprint density at radius 2 is 1.63 bits per heavy atom. The van der Waals surface area contributed by atoms with E-state index in [1.165, 1.54) is 38.5 Å². The lowest BCUT2D eigenvalue weighted by molar-refractivity contribution is -0.0930. The molecular weight excluding hydrogens is 234 g/mol. The lowest BCUT2D eigenvalue weighted by Gasteiger charge is -2.59. The molecule has 0 saturated heterocycles. The molecule has 19 heavy (non-hydrogen) atoms. The van der Waals surface area contributed by atoms with Crippen LogP contribution in [0.25, 0.3) is 0 Å². The second kappa shape index (κ2) is 5.37. The first-order valence-electron chi connectivity index (χ1n) is 8.44. The molecule has 4 fully saturated rings. The molecule has 4 aliphatic rings. The highest BCUT2D eigenvalue weighted by Gasteiger charge is 2.53. The normalized spacial score (nSPS) is 43.4. The molecule has 2 nitrogen and oxygen atoms in total. The standard InChI is InChI=1S/C17H31NO/c1-4-12(2)19-11-16(18-3)17-8-13-5-14(9-17)7-15(6-13)10-17/h12-16,18H,4-11H2,1-3H3. The van der Waals surface area contributed by atoms with Gasteiger partial charge in [-0.3, -0.25) is 0 Å². The van der Waals surface area contributed by atoms with Crippen LogP contribution in [0.1, 0.15) is 58.8 Å². The first-order valence-corrected chi connectivity index (χ1v) is 8.44. The van der Waals surface area contributed by atoms with Gasteiger partial charge in [-0.15, -0.1) is 0 Å². The number of hydrogen-bond acceptors (Lipinski definition) is 2. The monoisotopic (exact) mass is 265 g/mol. The first-order chi connectivity index (χ1) is 9.15. The topological polar surface area (TPSA) is 21.3 Å². The molecular formula is C17H31NO. The summed E-state index contributed by atoms with van der Waals surface area (Å²) in [6.45, 7) is 5.33. The third kappa shape index (κ3) is 2.58. The molecule has 0 aromatic rings. The van der Waals surface area contributed by atoms with Crippen molar-refractivity contribution in [2.75, 3.05) is 13.7 Å². The predicted octanol–water partition coefficient (Wildman–Crippen LogP) is 3.61. The Balaban J connectivity index is 1.68. The summed E-state index contributed by atoms with van der Waals surface area (Å²) in [7, 11) is 2.14. The minimum absolute atomic E-state index is 0.407. The van der Waals surface area contributed by atoms with Gasteiger partial charge in [0.05, 0.1) is 12.7 Å². The van der Waals surface area contributed by atoms with Crippen molar-refractivity contribution in [3.8, 4) is 0 Å². The zero-order valence-corrected chi connectivity index (χ0v) is 13.0. The summed E-state index contributed by atoms with van der Waals surface area (Å²) in [5.74, 6) is 3.10. The largest absolute Gasteiger partial charge is 0.377 e. The number of ether oxygens (including phenoxy) is 1. The van der Waals surface area contributed by atoms with Crippen molar-refractivity contribution in [1.82, 2.24) is 5.32 Å². The van der Waals surface area contributed by atoms with E-state index in [0.29, 0.717) is 17.6 Å². The summed E-state index contributed by atoms with van der Waals surface area (Å²) >= 11 is 0. The van der Waals surface area contributed by atoms with Gasteiger partial charge in [-0.25, -0.2) is 0 Å². The average molecular weight is 265 g/mol. The minimum atomic E-state index is 0.407. The maximum absolute atomic E-state index is 6.07. The summed E-state index contributed by atoms with van der Waals surface area (Å²) < 4.78 is 6.07.